The number of alkyl halides is 1. The molecule has 2 bridgehead atoms. The van der Waals surface area contributed by atoms with Crippen molar-refractivity contribution in [2.75, 3.05) is 13.1 Å². The first-order chi connectivity index (χ1) is 16.3. The molecule has 0 spiro atoms. The molecule has 4 aliphatic rings. The number of aromatic hydroxyl groups is 1. The van der Waals surface area contributed by atoms with E-state index in [1.54, 1.807) is 4.90 Å². The average molecular weight is 471 g/mol. The summed E-state index contributed by atoms with van der Waals surface area (Å²) in [4.78, 5) is 40.3. The number of fused-ring (bicyclic) bond motifs is 3. The number of rotatable bonds is 6. The minimum Gasteiger partial charge on any atom is -0.494 e. The number of aromatic nitrogens is 3. The predicted octanol–water partition coefficient (Wildman–Crippen LogP) is 0.999. The largest absolute Gasteiger partial charge is 0.494 e. The molecule has 2 aliphatic heterocycles. The Morgan fingerprint density at radius 2 is 1.94 bits per heavy atom. The fourth-order valence-electron chi connectivity index (χ4n) is 4.80. The highest BCUT2D eigenvalue weighted by atomic mass is 19.1. The molecule has 2 atom stereocenters. The summed E-state index contributed by atoms with van der Waals surface area (Å²) in [6, 6.07) is -0.0241. The lowest BCUT2D eigenvalue weighted by Crippen LogP contribution is -2.45. The zero-order valence-corrected chi connectivity index (χ0v) is 18.6. The molecular formula is C23H26FN5O5. The number of halogens is 1. The molecule has 2 N–H and O–H groups in total. The van der Waals surface area contributed by atoms with Crippen LogP contribution in [0.1, 0.15) is 54.4 Å². The van der Waals surface area contributed by atoms with E-state index in [0.29, 0.717) is 31.5 Å². The first-order valence-corrected chi connectivity index (χ1v) is 11.8. The molecular weight excluding hydrogens is 445 g/mol. The van der Waals surface area contributed by atoms with Crippen LogP contribution in [0.3, 0.4) is 0 Å². The van der Waals surface area contributed by atoms with E-state index in [1.165, 1.54) is 22.9 Å². The molecule has 2 saturated heterocycles. The van der Waals surface area contributed by atoms with E-state index in [-0.39, 0.29) is 36.3 Å². The lowest BCUT2D eigenvalue weighted by Gasteiger charge is -2.31. The van der Waals surface area contributed by atoms with Crippen LogP contribution >= 0.6 is 0 Å². The Morgan fingerprint density at radius 1 is 1.24 bits per heavy atom. The molecule has 0 radical (unpaired) electrons. The molecule has 2 saturated carbocycles. The summed E-state index contributed by atoms with van der Waals surface area (Å²) in [7, 11) is 0. The second-order valence-corrected chi connectivity index (χ2v) is 9.86. The maximum Gasteiger partial charge on any atom is 0.291 e. The maximum absolute atomic E-state index is 14.8. The van der Waals surface area contributed by atoms with Crippen molar-refractivity contribution in [1.82, 2.24) is 24.4 Å². The summed E-state index contributed by atoms with van der Waals surface area (Å²) in [6.45, 7) is 0.840. The number of likely N-dealkylation sites (tertiary alicyclic amines) is 1. The van der Waals surface area contributed by atoms with E-state index in [4.69, 9.17) is 4.74 Å². The number of nitrogens with one attached hydrogen (secondary N) is 1. The lowest BCUT2D eigenvalue weighted by atomic mass is 10.2. The Bertz CT molecular complexity index is 1260. The number of hydrogen-bond donors (Lipinski definition) is 2. The van der Waals surface area contributed by atoms with Gasteiger partial charge in [0.05, 0.1) is 24.9 Å². The Hall–Kier alpha value is -3.21. The highest BCUT2D eigenvalue weighted by Crippen LogP contribution is 2.42. The monoisotopic (exact) mass is 471 g/mol. The first kappa shape index (κ1) is 21.3. The molecule has 2 unspecified atom stereocenters. The fraction of sp³-hybridized carbons (Fsp3) is 0.565. The third-order valence-corrected chi connectivity index (χ3v) is 7.05. The van der Waals surface area contributed by atoms with Crippen LogP contribution in [0.5, 0.6) is 5.88 Å². The number of amides is 2. The Morgan fingerprint density at radius 3 is 2.59 bits per heavy atom. The van der Waals surface area contributed by atoms with Gasteiger partial charge in [-0.15, -0.1) is 0 Å². The van der Waals surface area contributed by atoms with Gasteiger partial charge in [0, 0.05) is 30.8 Å². The van der Waals surface area contributed by atoms with E-state index < -0.39 is 28.6 Å². The van der Waals surface area contributed by atoms with Gasteiger partial charge < -0.3 is 20.1 Å². The molecule has 2 aromatic heterocycles. The molecule has 6 rings (SSSR count). The van der Waals surface area contributed by atoms with Crippen molar-refractivity contribution >= 4 is 23.5 Å². The van der Waals surface area contributed by atoms with Crippen molar-refractivity contribution in [3.8, 4) is 5.88 Å². The van der Waals surface area contributed by atoms with Gasteiger partial charge in [-0.2, -0.15) is 9.61 Å². The molecule has 180 valence electrons. The molecule has 2 aromatic rings. The number of morpholine rings is 1. The molecule has 0 aromatic carbocycles. The van der Waals surface area contributed by atoms with Gasteiger partial charge in [-0.1, -0.05) is 0 Å². The number of nitrogens with zero attached hydrogens (tertiary/aromatic N) is 4. The van der Waals surface area contributed by atoms with E-state index >= 15 is 0 Å². The molecule has 2 amide bonds. The van der Waals surface area contributed by atoms with Gasteiger partial charge >= 0.3 is 0 Å². The zero-order valence-electron chi connectivity index (χ0n) is 18.6. The summed E-state index contributed by atoms with van der Waals surface area (Å²) >= 11 is 0. The van der Waals surface area contributed by atoms with Crippen molar-refractivity contribution < 1.29 is 23.8 Å². The van der Waals surface area contributed by atoms with Crippen LogP contribution in [-0.2, 0) is 16.1 Å². The van der Waals surface area contributed by atoms with Crippen LogP contribution in [0, 0.1) is 0 Å². The minimum absolute atomic E-state index is 0.0241. The number of carbonyl (C=O) groups is 2. The third kappa shape index (κ3) is 3.77. The topological polar surface area (TPSA) is 118 Å². The van der Waals surface area contributed by atoms with Gasteiger partial charge in [0.2, 0.25) is 11.8 Å². The maximum atomic E-state index is 14.8. The smallest absolute Gasteiger partial charge is 0.291 e. The second-order valence-electron chi connectivity index (χ2n) is 9.86. The van der Waals surface area contributed by atoms with Crippen LogP contribution in [0.4, 0.5) is 4.39 Å². The summed E-state index contributed by atoms with van der Waals surface area (Å²) in [5.74, 6) is -1.48. The van der Waals surface area contributed by atoms with Crippen molar-refractivity contribution in [2.24, 2.45) is 0 Å². The van der Waals surface area contributed by atoms with Gasteiger partial charge in [0.15, 0.2) is 5.56 Å². The fourth-order valence-corrected chi connectivity index (χ4v) is 4.80. The number of ether oxygens (including phenoxy) is 1. The lowest BCUT2D eigenvalue weighted by molar-refractivity contribution is -0.134. The van der Waals surface area contributed by atoms with Gasteiger partial charge in [0.25, 0.3) is 11.5 Å². The Balaban J connectivity index is 1.37. The molecule has 2 aliphatic carbocycles. The average Bonchev–Trinajstić information content (AvgIpc) is 3.69. The summed E-state index contributed by atoms with van der Waals surface area (Å²) < 4.78 is 22.8. The van der Waals surface area contributed by atoms with Crippen LogP contribution in [-0.4, -0.2) is 73.0 Å². The zero-order chi connectivity index (χ0) is 23.6. The SMILES string of the molecule is O=C(NC1CC1)c1c(O)n(CC2(F)CC2)c2c(/C=C/C(=O)N3CC4CCC(C3)O4)cnn2c1=O. The quantitative estimate of drug-likeness (QED) is 0.607. The minimum atomic E-state index is -1.52. The van der Waals surface area contributed by atoms with E-state index in [2.05, 4.69) is 10.4 Å². The molecule has 11 heteroatoms. The summed E-state index contributed by atoms with van der Waals surface area (Å²) in [5, 5.41) is 17.7. The first-order valence-electron chi connectivity index (χ1n) is 11.8. The van der Waals surface area contributed by atoms with Crippen LogP contribution < -0.4 is 10.9 Å². The van der Waals surface area contributed by atoms with Crippen molar-refractivity contribution in [3.63, 3.8) is 0 Å². The van der Waals surface area contributed by atoms with E-state index in [1.807, 2.05) is 0 Å². The van der Waals surface area contributed by atoms with Crippen molar-refractivity contribution in [1.29, 1.82) is 0 Å². The summed E-state index contributed by atoms with van der Waals surface area (Å²) in [6.07, 6.45) is 8.57. The standard InChI is InChI=1S/C23H26FN5O5/c24-23(7-8-23)12-28-20-13(1-6-17(30)27-10-15-4-5-16(11-27)34-15)9-25-29(20)22(33)18(21(28)32)19(31)26-14-2-3-14/h1,6,9,14-16,32H,2-5,7-8,10-12H2,(H,26,31)/b6-1+. The Labute approximate surface area is 194 Å². The van der Waals surface area contributed by atoms with Gasteiger partial charge in [0.1, 0.15) is 11.3 Å². The summed E-state index contributed by atoms with van der Waals surface area (Å²) in [5.41, 5.74) is -2.26. The molecule has 10 nitrogen and oxygen atoms in total. The molecule has 4 heterocycles. The third-order valence-electron chi connectivity index (χ3n) is 7.05. The number of hydrogen-bond acceptors (Lipinski definition) is 6. The van der Waals surface area contributed by atoms with Crippen LogP contribution in [0.2, 0.25) is 0 Å². The van der Waals surface area contributed by atoms with Gasteiger partial charge in [-0.05, 0) is 44.6 Å². The van der Waals surface area contributed by atoms with Gasteiger partial charge in [-0.25, -0.2) is 4.39 Å². The Kier molecular flexibility index (Phi) is 4.80. The van der Waals surface area contributed by atoms with E-state index in [9.17, 15) is 23.9 Å². The second kappa shape index (κ2) is 7.66. The molecule has 34 heavy (non-hydrogen) atoms. The predicted molar refractivity (Wildman–Crippen MR) is 118 cm³/mol. The highest BCUT2D eigenvalue weighted by Gasteiger charge is 2.45. The van der Waals surface area contributed by atoms with E-state index in [0.717, 1.165) is 30.2 Å². The van der Waals surface area contributed by atoms with Crippen LogP contribution in [0.25, 0.3) is 11.7 Å². The number of carbonyl (C=O) groups excluding carboxylic acids is 2. The highest BCUT2D eigenvalue weighted by molar-refractivity contribution is 5.97. The molecule has 4 fully saturated rings. The van der Waals surface area contributed by atoms with Gasteiger partial charge in [-0.3, -0.25) is 19.0 Å². The normalized spacial score (nSPS) is 25.3. The van der Waals surface area contributed by atoms with Crippen molar-refractivity contribution in [3.05, 3.63) is 33.8 Å². The van der Waals surface area contributed by atoms with Crippen molar-refractivity contribution in [2.45, 2.75) is 69.0 Å². The van der Waals surface area contributed by atoms with Crippen LogP contribution in [0.15, 0.2) is 17.1 Å².